The van der Waals surface area contributed by atoms with Crippen molar-refractivity contribution in [2.24, 2.45) is 0 Å². The molecule has 2 aromatic carbocycles. The van der Waals surface area contributed by atoms with Gasteiger partial charge in [0.15, 0.2) is 11.5 Å². The molecule has 0 unspecified atom stereocenters. The number of anilines is 1. The molecule has 1 aliphatic rings. The third kappa shape index (κ3) is 3.97. The van der Waals surface area contributed by atoms with Crippen molar-refractivity contribution in [1.29, 1.82) is 0 Å². The summed E-state index contributed by atoms with van der Waals surface area (Å²) in [7, 11) is 1.52. The van der Waals surface area contributed by atoms with E-state index in [0.717, 1.165) is 16.9 Å². The number of carboxylic acids is 1. The number of benzene rings is 2. The third-order valence-electron chi connectivity index (χ3n) is 5.16. The van der Waals surface area contributed by atoms with Crippen LogP contribution in [0.5, 0.6) is 11.5 Å². The van der Waals surface area contributed by atoms with Gasteiger partial charge >= 0.3 is 5.97 Å². The van der Waals surface area contributed by atoms with Crippen LogP contribution in [0.15, 0.2) is 55.1 Å². The number of thiophene rings is 1. The van der Waals surface area contributed by atoms with Gasteiger partial charge in [-0.25, -0.2) is 9.18 Å². The van der Waals surface area contributed by atoms with Crippen molar-refractivity contribution in [3.63, 3.8) is 0 Å². The highest BCUT2D eigenvalue weighted by Gasteiger charge is 2.35. The van der Waals surface area contributed by atoms with Crippen LogP contribution in [-0.4, -0.2) is 30.7 Å². The SMILES string of the molecule is C=CCOc1ccc([C@@H]2CC(=O)Nc3c2sc(C(=O)O)c3-c2cccc(F)c2)cc1OC. The molecule has 1 atom stereocenters. The number of nitrogens with one attached hydrogen (secondary N) is 1. The van der Waals surface area contributed by atoms with Crippen molar-refractivity contribution in [3.8, 4) is 22.6 Å². The molecule has 0 spiro atoms. The fourth-order valence-corrected chi connectivity index (χ4v) is 5.04. The zero-order valence-corrected chi connectivity index (χ0v) is 18.0. The van der Waals surface area contributed by atoms with Crippen LogP contribution in [0.25, 0.3) is 11.1 Å². The van der Waals surface area contributed by atoms with Crippen LogP contribution in [0.2, 0.25) is 0 Å². The topological polar surface area (TPSA) is 84.9 Å². The highest BCUT2D eigenvalue weighted by molar-refractivity contribution is 7.15. The first kappa shape index (κ1) is 21.6. The normalized spacial score (nSPS) is 14.9. The molecular formula is C24H20FNO5S. The highest BCUT2D eigenvalue weighted by Crippen LogP contribution is 2.50. The van der Waals surface area contributed by atoms with Crippen LogP contribution in [0.1, 0.15) is 32.5 Å². The number of carboxylic acid groups (broad SMARTS) is 1. The molecule has 1 amide bonds. The second-order valence-electron chi connectivity index (χ2n) is 7.18. The number of aromatic carboxylic acids is 1. The average Bonchev–Trinajstić information content (AvgIpc) is 3.16. The van der Waals surface area contributed by atoms with Crippen LogP contribution < -0.4 is 14.8 Å². The number of hydrogen-bond acceptors (Lipinski definition) is 5. The van der Waals surface area contributed by atoms with Gasteiger partial charge in [0.05, 0.1) is 12.8 Å². The molecule has 0 radical (unpaired) electrons. The summed E-state index contributed by atoms with van der Waals surface area (Å²) in [6.07, 6.45) is 1.77. The predicted molar refractivity (Wildman–Crippen MR) is 120 cm³/mol. The standard InChI is InChI=1S/C24H20FNO5S/c1-3-9-31-17-8-7-13(11-18(17)30-2)16-12-19(27)26-21-20(14-5-4-6-15(25)10-14)23(24(28)29)32-22(16)21/h3-8,10-11,16H,1,9,12H2,2H3,(H,26,27)(H,28,29)/t16-/m0/s1. The minimum Gasteiger partial charge on any atom is -0.493 e. The Hall–Kier alpha value is -3.65. The summed E-state index contributed by atoms with van der Waals surface area (Å²) in [4.78, 5) is 25.4. The second-order valence-corrected chi connectivity index (χ2v) is 8.23. The number of fused-ring (bicyclic) bond motifs is 1. The van der Waals surface area contributed by atoms with E-state index in [2.05, 4.69) is 11.9 Å². The molecule has 0 fully saturated rings. The van der Waals surface area contributed by atoms with Crippen molar-refractivity contribution < 1.29 is 28.6 Å². The van der Waals surface area contributed by atoms with Gasteiger partial charge in [-0.05, 0) is 35.4 Å². The molecule has 8 heteroatoms. The fourth-order valence-electron chi connectivity index (χ4n) is 3.79. The van der Waals surface area contributed by atoms with E-state index >= 15 is 0 Å². The Morgan fingerprint density at radius 1 is 1.31 bits per heavy atom. The van der Waals surface area contributed by atoms with Gasteiger partial charge in [-0.15, -0.1) is 11.3 Å². The molecule has 3 aromatic rings. The number of amides is 1. The van der Waals surface area contributed by atoms with Crippen molar-refractivity contribution in [2.75, 3.05) is 19.0 Å². The first-order valence-electron chi connectivity index (χ1n) is 9.80. The maximum Gasteiger partial charge on any atom is 0.346 e. The minimum atomic E-state index is -1.14. The molecule has 1 aliphatic heterocycles. The van der Waals surface area contributed by atoms with E-state index in [-0.39, 0.29) is 23.1 Å². The van der Waals surface area contributed by atoms with Gasteiger partial charge in [-0.1, -0.05) is 30.9 Å². The molecule has 0 saturated carbocycles. The molecular weight excluding hydrogens is 433 g/mol. The summed E-state index contributed by atoms with van der Waals surface area (Å²) in [5.41, 5.74) is 1.90. The van der Waals surface area contributed by atoms with Crippen LogP contribution in [-0.2, 0) is 4.79 Å². The van der Waals surface area contributed by atoms with Crippen molar-refractivity contribution in [1.82, 2.24) is 0 Å². The number of carbonyl (C=O) groups excluding carboxylic acids is 1. The average molecular weight is 453 g/mol. The van der Waals surface area contributed by atoms with Crippen LogP contribution in [0, 0.1) is 5.82 Å². The predicted octanol–water partition coefficient (Wildman–Crippen LogP) is 5.30. The molecule has 0 saturated heterocycles. The van der Waals surface area contributed by atoms with Gasteiger partial charge in [-0.3, -0.25) is 4.79 Å². The number of hydrogen-bond donors (Lipinski definition) is 2. The van der Waals surface area contributed by atoms with Crippen molar-refractivity contribution >= 4 is 28.9 Å². The van der Waals surface area contributed by atoms with E-state index in [1.807, 2.05) is 6.07 Å². The van der Waals surface area contributed by atoms with Crippen molar-refractivity contribution in [3.05, 3.63) is 76.3 Å². The first-order chi connectivity index (χ1) is 15.4. The summed E-state index contributed by atoms with van der Waals surface area (Å²) in [5.74, 6) is -1.22. The molecule has 6 nitrogen and oxygen atoms in total. The molecule has 2 N–H and O–H groups in total. The number of carbonyl (C=O) groups is 2. The highest BCUT2D eigenvalue weighted by atomic mass is 32.1. The molecule has 164 valence electrons. The molecule has 4 rings (SSSR count). The number of ether oxygens (including phenoxy) is 2. The Morgan fingerprint density at radius 3 is 2.81 bits per heavy atom. The molecule has 32 heavy (non-hydrogen) atoms. The zero-order chi connectivity index (χ0) is 22.8. The van der Waals surface area contributed by atoms with E-state index in [1.54, 1.807) is 24.3 Å². The number of halogens is 1. The van der Waals surface area contributed by atoms with E-state index in [0.29, 0.717) is 39.8 Å². The maximum absolute atomic E-state index is 13.9. The largest absolute Gasteiger partial charge is 0.493 e. The number of methoxy groups -OCH3 is 1. The molecule has 0 aliphatic carbocycles. The van der Waals surface area contributed by atoms with E-state index < -0.39 is 11.8 Å². The lowest BCUT2D eigenvalue weighted by molar-refractivity contribution is -0.116. The lowest BCUT2D eigenvalue weighted by atomic mass is 9.88. The number of rotatable bonds is 7. The van der Waals surface area contributed by atoms with Crippen molar-refractivity contribution in [2.45, 2.75) is 12.3 Å². The zero-order valence-electron chi connectivity index (χ0n) is 17.2. The fraction of sp³-hybridized carbons (Fsp3) is 0.167. The molecule has 0 bridgehead atoms. The molecule has 2 heterocycles. The lowest BCUT2D eigenvalue weighted by Crippen LogP contribution is -2.22. The van der Waals surface area contributed by atoms with Gasteiger partial charge in [-0.2, -0.15) is 0 Å². The smallest absolute Gasteiger partial charge is 0.346 e. The summed E-state index contributed by atoms with van der Waals surface area (Å²) < 4.78 is 24.9. The van der Waals surface area contributed by atoms with Gasteiger partial charge in [0.25, 0.3) is 0 Å². The second kappa shape index (κ2) is 8.84. The third-order valence-corrected chi connectivity index (χ3v) is 6.45. The summed E-state index contributed by atoms with van der Waals surface area (Å²) in [6.45, 7) is 3.95. The maximum atomic E-state index is 13.9. The van der Waals surface area contributed by atoms with Gasteiger partial charge in [0, 0.05) is 22.8 Å². The van der Waals surface area contributed by atoms with Crippen LogP contribution >= 0.6 is 11.3 Å². The Balaban J connectivity index is 1.86. The Labute approximate surface area is 187 Å². The van der Waals surface area contributed by atoms with Gasteiger partial charge in [0.2, 0.25) is 5.91 Å². The Kier molecular flexibility index (Phi) is 5.96. The minimum absolute atomic E-state index is 0.0469. The molecule has 1 aromatic heterocycles. The lowest BCUT2D eigenvalue weighted by Gasteiger charge is -2.24. The van der Waals surface area contributed by atoms with Crippen LogP contribution in [0.4, 0.5) is 10.1 Å². The quantitative estimate of drug-likeness (QED) is 0.474. The van der Waals surface area contributed by atoms with E-state index in [9.17, 15) is 19.1 Å². The summed E-state index contributed by atoms with van der Waals surface area (Å²) in [6, 6.07) is 11.1. The Morgan fingerprint density at radius 2 is 2.12 bits per heavy atom. The summed E-state index contributed by atoms with van der Waals surface area (Å²) in [5, 5.41) is 12.6. The summed E-state index contributed by atoms with van der Waals surface area (Å²) >= 11 is 1.09. The van der Waals surface area contributed by atoms with E-state index in [1.165, 1.54) is 25.3 Å². The van der Waals surface area contributed by atoms with Crippen LogP contribution in [0.3, 0.4) is 0 Å². The van der Waals surface area contributed by atoms with Gasteiger partial charge in [0.1, 0.15) is 17.3 Å². The Bertz CT molecular complexity index is 1220. The first-order valence-corrected chi connectivity index (χ1v) is 10.6. The monoisotopic (exact) mass is 453 g/mol. The van der Waals surface area contributed by atoms with Gasteiger partial charge < -0.3 is 19.9 Å². The van der Waals surface area contributed by atoms with E-state index in [4.69, 9.17) is 9.47 Å².